The summed E-state index contributed by atoms with van der Waals surface area (Å²) in [6, 6.07) is 5.79. The zero-order valence-corrected chi connectivity index (χ0v) is 12.9. The molecule has 2 rings (SSSR count). The first-order valence-electron chi connectivity index (χ1n) is 6.80. The molecule has 0 unspecified atom stereocenters. The number of carbonyl (C=O) groups excluding carboxylic acids is 1. The Morgan fingerprint density at radius 1 is 1.52 bits per heavy atom. The Balaban J connectivity index is 2.05. The van der Waals surface area contributed by atoms with E-state index in [1.807, 2.05) is 37.4 Å². The molecule has 0 saturated heterocycles. The zero-order chi connectivity index (χ0) is 15.2. The van der Waals surface area contributed by atoms with Gasteiger partial charge in [-0.25, -0.2) is 4.98 Å². The van der Waals surface area contributed by atoms with Gasteiger partial charge in [0.25, 0.3) is 0 Å². The van der Waals surface area contributed by atoms with Crippen LogP contribution in [-0.2, 0) is 11.2 Å². The molecule has 2 aromatic rings. The third-order valence-electron chi connectivity index (χ3n) is 2.94. The molecule has 0 aliphatic rings. The van der Waals surface area contributed by atoms with Crippen molar-refractivity contribution in [3.8, 4) is 16.8 Å². The summed E-state index contributed by atoms with van der Waals surface area (Å²) in [7, 11) is 0. The quantitative estimate of drug-likeness (QED) is 0.769. The number of aryl methyl sites for hydroxylation is 1. The van der Waals surface area contributed by atoms with Crippen LogP contribution in [-0.4, -0.2) is 28.9 Å². The molecule has 0 radical (unpaired) electrons. The maximum atomic E-state index is 12.2. The molecule has 0 bridgehead atoms. The molecule has 0 aliphatic carbocycles. The van der Waals surface area contributed by atoms with Gasteiger partial charge in [-0.15, -0.1) is 11.3 Å². The number of carbonyl (C=O) groups is 1. The van der Waals surface area contributed by atoms with E-state index < -0.39 is 0 Å². The lowest BCUT2D eigenvalue weighted by atomic mass is 10.3. The van der Waals surface area contributed by atoms with Crippen LogP contribution in [0.5, 0.6) is 0 Å². The molecule has 5 nitrogen and oxygen atoms in total. The largest absolute Gasteiger partial charge is 0.459 e. The SMILES string of the molecule is CCCN(CC#N)C(=O)Cc1csc(-c2ccc(C)o2)n1. The van der Waals surface area contributed by atoms with E-state index in [2.05, 4.69) is 4.98 Å². The molecule has 110 valence electrons. The Kier molecular flexibility index (Phi) is 5.12. The number of hydrogen-bond donors (Lipinski definition) is 0. The van der Waals surface area contributed by atoms with Crippen molar-refractivity contribution in [1.82, 2.24) is 9.88 Å². The minimum absolute atomic E-state index is 0.0640. The molecule has 6 heteroatoms. The lowest BCUT2D eigenvalue weighted by molar-refractivity contribution is -0.129. The first-order valence-corrected chi connectivity index (χ1v) is 7.68. The van der Waals surface area contributed by atoms with Gasteiger partial charge in [0, 0.05) is 11.9 Å². The van der Waals surface area contributed by atoms with Gasteiger partial charge >= 0.3 is 0 Å². The van der Waals surface area contributed by atoms with Crippen LogP contribution in [0.15, 0.2) is 21.9 Å². The molecule has 0 saturated carbocycles. The number of furan rings is 1. The average Bonchev–Trinajstić information content (AvgIpc) is 3.07. The highest BCUT2D eigenvalue weighted by atomic mass is 32.1. The lowest BCUT2D eigenvalue weighted by Gasteiger charge is -2.17. The van der Waals surface area contributed by atoms with Gasteiger partial charge < -0.3 is 9.32 Å². The Bertz CT molecular complexity index is 654. The van der Waals surface area contributed by atoms with Gasteiger partial charge in [-0.3, -0.25) is 4.79 Å². The number of rotatable bonds is 6. The molecular weight excluding hydrogens is 286 g/mol. The molecule has 21 heavy (non-hydrogen) atoms. The second kappa shape index (κ2) is 7.04. The smallest absolute Gasteiger partial charge is 0.229 e. The highest BCUT2D eigenvalue weighted by molar-refractivity contribution is 7.13. The van der Waals surface area contributed by atoms with E-state index in [4.69, 9.17) is 9.68 Å². The summed E-state index contributed by atoms with van der Waals surface area (Å²) in [6.07, 6.45) is 1.05. The minimum Gasteiger partial charge on any atom is -0.459 e. The van der Waals surface area contributed by atoms with E-state index in [0.29, 0.717) is 12.2 Å². The zero-order valence-electron chi connectivity index (χ0n) is 12.1. The summed E-state index contributed by atoms with van der Waals surface area (Å²) in [5.41, 5.74) is 0.716. The lowest BCUT2D eigenvalue weighted by Crippen LogP contribution is -2.33. The second-order valence-electron chi connectivity index (χ2n) is 4.70. The van der Waals surface area contributed by atoms with Crippen molar-refractivity contribution in [2.45, 2.75) is 26.7 Å². The normalized spacial score (nSPS) is 10.3. The van der Waals surface area contributed by atoms with Crippen LogP contribution in [0.3, 0.4) is 0 Å². The first-order chi connectivity index (χ1) is 10.1. The highest BCUT2D eigenvalue weighted by Crippen LogP contribution is 2.25. The van der Waals surface area contributed by atoms with E-state index in [1.54, 1.807) is 4.90 Å². The van der Waals surface area contributed by atoms with Crippen LogP contribution in [0.4, 0.5) is 0 Å². The number of nitriles is 1. The van der Waals surface area contributed by atoms with Crippen molar-refractivity contribution in [2.24, 2.45) is 0 Å². The van der Waals surface area contributed by atoms with Crippen molar-refractivity contribution in [1.29, 1.82) is 5.26 Å². The third kappa shape index (κ3) is 3.92. The van der Waals surface area contributed by atoms with E-state index in [9.17, 15) is 4.79 Å². The van der Waals surface area contributed by atoms with E-state index in [1.165, 1.54) is 11.3 Å². The first kappa shape index (κ1) is 15.3. The fourth-order valence-corrected chi connectivity index (χ4v) is 2.74. The molecule has 0 aliphatic heterocycles. The second-order valence-corrected chi connectivity index (χ2v) is 5.56. The summed E-state index contributed by atoms with van der Waals surface area (Å²) < 4.78 is 5.52. The van der Waals surface area contributed by atoms with E-state index in [0.717, 1.165) is 22.9 Å². The van der Waals surface area contributed by atoms with Crippen LogP contribution in [0, 0.1) is 18.3 Å². The Morgan fingerprint density at radius 2 is 2.33 bits per heavy atom. The Morgan fingerprint density at radius 3 is 2.95 bits per heavy atom. The van der Waals surface area contributed by atoms with Gasteiger partial charge in [-0.2, -0.15) is 5.26 Å². The summed E-state index contributed by atoms with van der Waals surface area (Å²) in [5.74, 6) is 1.49. The molecule has 2 aromatic heterocycles. The molecule has 0 fully saturated rings. The van der Waals surface area contributed by atoms with E-state index in [-0.39, 0.29) is 18.9 Å². The molecule has 0 aromatic carbocycles. The summed E-state index contributed by atoms with van der Waals surface area (Å²) >= 11 is 1.46. The van der Waals surface area contributed by atoms with Crippen LogP contribution >= 0.6 is 11.3 Å². The number of aromatic nitrogens is 1. The summed E-state index contributed by atoms with van der Waals surface area (Å²) in [4.78, 5) is 18.2. The molecule has 0 N–H and O–H groups in total. The molecule has 2 heterocycles. The topological polar surface area (TPSA) is 70.1 Å². The Labute approximate surface area is 127 Å². The van der Waals surface area contributed by atoms with Gasteiger partial charge in [0.15, 0.2) is 10.8 Å². The standard InChI is InChI=1S/C15H17N3O2S/c1-3-7-18(8-6-16)14(19)9-12-10-21-15(17-12)13-5-4-11(2)20-13/h4-5,10H,3,7-9H2,1-2H3. The third-order valence-corrected chi connectivity index (χ3v) is 3.85. The maximum absolute atomic E-state index is 12.2. The predicted octanol–water partition coefficient (Wildman–Crippen LogP) is 3.02. The summed E-state index contributed by atoms with van der Waals surface area (Å²) in [6.45, 7) is 4.59. The van der Waals surface area contributed by atoms with Crippen LogP contribution in [0.2, 0.25) is 0 Å². The summed E-state index contributed by atoms with van der Waals surface area (Å²) in [5, 5.41) is 11.4. The van der Waals surface area contributed by atoms with Gasteiger partial charge in [0.1, 0.15) is 12.3 Å². The van der Waals surface area contributed by atoms with Crippen molar-refractivity contribution in [2.75, 3.05) is 13.1 Å². The Hall–Kier alpha value is -2.13. The molecule has 1 amide bonds. The fraction of sp³-hybridized carbons (Fsp3) is 0.400. The van der Waals surface area contributed by atoms with E-state index >= 15 is 0 Å². The van der Waals surface area contributed by atoms with Gasteiger partial charge in [0.05, 0.1) is 18.2 Å². The maximum Gasteiger partial charge on any atom is 0.229 e. The van der Waals surface area contributed by atoms with Crippen molar-refractivity contribution in [3.05, 3.63) is 29.0 Å². The molecule has 0 atom stereocenters. The number of thiazole rings is 1. The van der Waals surface area contributed by atoms with Gasteiger partial charge in [0.2, 0.25) is 5.91 Å². The highest BCUT2D eigenvalue weighted by Gasteiger charge is 2.16. The average molecular weight is 303 g/mol. The monoisotopic (exact) mass is 303 g/mol. The molecular formula is C15H17N3O2S. The minimum atomic E-state index is -0.0640. The molecule has 0 spiro atoms. The van der Waals surface area contributed by atoms with Crippen LogP contribution < -0.4 is 0 Å². The number of nitrogens with zero attached hydrogens (tertiary/aromatic N) is 3. The van der Waals surface area contributed by atoms with Gasteiger partial charge in [-0.1, -0.05) is 6.92 Å². The van der Waals surface area contributed by atoms with Crippen molar-refractivity contribution in [3.63, 3.8) is 0 Å². The van der Waals surface area contributed by atoms with Crippen LogP contribution in [0.25, 0.3) is 10.8 Å². The van der Waals surface area contributed by atoms with Crippen LogP contribution in [0.1, 0.15) is 24.8 Å². The number of amides is 1. The predicted molar refractivity (Wildman–Crippen MR) is 80.7 cm³/mol. The van der Waals surface area contributed by atoms with Gasteiger partial charge in [-0.05, 0) is 25.5 Å². The van der Waals surface area contributed by atoms with Crippen molar-refractivity contribution < 1.29 is 9.21 Å². The fourth-order valence-electron chi connectivity index (χ4n) is 1.96. The number of hydrogen-bond acceptors (Lipinski definition) is 5. The van der Waals surface area contributed by atoms with Crippen molar-refractivity contribution >= 4 is 17.2 Å².